The Kier molecular flexibility index (Phi) is 6.82. The molecule has 4 heteroatoms. The molecule has 0 bridgehead atoms. The first kappa shape index (κ1) is 18.0. The van der Waals surface area contributed by atoms with E-state index in [2.05, 4.69) is 36.2 Å². The van der Waals surface area contributed by atoms with E-state index in [1.54, 1.807) is 0 Å². The average molecular weight is 326 g/mol. The summed E-state index contributed by atoms with van der Waals surface area (Å²) in [4.78, 5) is 14.6. The summed E-state index contributed by atoms with van der Waals surface area (Å²) in [7, 11) is 0. The Hall–Kier alpha value is -2.33. The molecular weight excluding hydrogens is 300 g/mol. The van der Waals surface area contributed by atoms with Gasteiger partial charge in [-0.2, -0.15) is 0 Å². The van der Waals surface area contributed by atoms with Crippen LogP contribution < -0.4 is 10.1 Å². The number of benzene rings is 2. The summed E-state index contributed by atoms with van der Waals surface area (Å²) in [5.74, 6) is 0.666. The van der Waals surface area contributed by atoms with Gasteiger partial charge in [0.1, 0.15) is 5.75 Å². The first-order valence-electron chi connectivity index (χ1n) is 8.39. The number of carbonyl (C=O) groups excluding carboxylic acids is 1. The molecule has 128 valence electrons. The maximum absolute atomic E-state index is 12.5. The number of para-hydroxylation sites is 2. The number of rotatable bonds is 8. The fourth-order valence-corrected chi connectivity index (χ4v) is 2.46. The summed E-state index contributed by atoms with van der Waals surface area (Å²) in [5, 5.41) is 2.96. The van der Waals surface area contributed by atoms with Crippen molar-refractivity contribution in [2.75, 3.05) is 18.5 Å². The molecule has 2 aromatic rings. The van der Waals surface area contributed by atoms with Crippen molar-refractivity contribution in [3.63, 3.8) is 0 Å². The quantitative estimate of drug-likeness (QED) is 0.799. The molecule has 0 aliphatic carbocycles. The lowest BCUT2D eigenvalue weighted by atomic mass is 10.2. The van der Waals surface area contributed by atoms with Crippen LogP contribution in [0.15, 0.2) is 54.6 Å². The van der Waals surface area contributed by atoms with Crippen molar-refractivity contribution in [3.8, 4) is 5.75 Å². The third-order valence-electron chi connectivity index (χ3n) is 3.77. The van der Waals surface area contributed by atoms with E-state index in [4.69, 9.17) is 4.74 Å². The van der Waals surface area contributed by atoms with Gasteiger partial charge >= 0.3 is 0 Å². The minimum atomic E-state index is -0.0354. The van der Waals surface area contributed by atoms with Gasteiger partial charge in [-0.15, -0.1) is 0 Å². The van der Waals surface area contributed by atoms with E-state index in [1.807, 2.05) is 49.4 Å². The number of nitrogens with one attached hydrogen (secondary N) is 1. The molecule has 0 radical (unpaired) electrons. The minimum Gasteiger partial charge on any atom is -0.492 e. The maximum atomic E-state index is 12.5. The molecule has 0 saturated heterocycles. The third kappa shape index (κ3) is 5.39. The van der Waals surface area contributed by atoms with E-state index < -0.39 is 0 Å². The third-order valence-corrected chi connectivity index (χ3v) is 3.77. The highest BCUT2D eigenvalue weighted by molar-refractivity contribution is 5.93. The van der Waals surface area contributed by atoms with Crippen LogP contribution in [0.2, 0.25) is 0 Å². The van der Waals surface area contributed by atoms with Gasteiger partial charge in [0, 0.05) is 12.6 Å². The van der Waals surface area contributed by atoms with E-state index in [0.717, 1.165) is 6.54 Å². The number of anilines is 1. The predicted octanol–water partition coefficient (Wildman–Crippen LogP) is 3.93. The lowest BCUT2D eigenvalue weighted by Crippen LogP contribution is -2.37. The molecule has 1 N–H and O–H groups in total. The first-order valence-corrected chi connectivity index (χ1v) is 8.39. The molecule has 0 aromatic heterocycles. The van der Waals surface area contributed by atoms with Gasteiger partial charge in [0.15, 0.2) is 0 Å². The lowest BCUT2D eigenvalue weighted by Gasteiger charge is -2.26. The van der Waals surface area contributed by atoms with Crippen molar-refractivity contribution in [1.29, 1.82) is 0 Å². The summed E-state index contributed by atoms with van der Waals surface area (Å²) in [5.41, 5.74) is 1.92. The Morgan fingerprint density at radius 2 is 1.75 bits per heavy atom. The molecule has 0 aliphatic rings. The second-order valence-electron chi connectivity index (χ2n) is 5.96. The van der Waals surface area contributed by atoms with E-state index in [-0.39, 0.29) is 11.9 Å². The molecule has 24 heavy (non-hydrogen) atoms. The first-order chi connectivity index (χ1) is 11.6. The highest BCUT2D eigenvalue weighted by atomic mass is 16.5. The number of carbonyl (C=O) groups is 1. The van der Waals surface area contributed by atoms with Gasteiger partial charge in [-0.25, -0.2) is 0 Å². The summed E-state index contributed by atoms with van der Waals surface area (Å²) in [6.07, 6.45) is 0. The van der Waals surface area contributed by atoms with Crippen LogP contribution in [0, 0.1) is 0 Å². The zero-order valence-electron chi connectivity index (χ0n) is 14.7. The molecule has 0 heterocycles. The standard InChI is InChI=1S/C20H26N2O2/c1-4-24-19-13-9-8-12-18(19)21-20(23)15-22(16(2)3)14-17-10-6-5-7-11-17/h5-13,16H,4,14-15H2,1-3H3,(H,21,23). The number of nitrogens with zero attached hydrogens (tertiary/aromatic N) is 1. The van der Waals surface area contributed by atoms with Crippen molar-refractivity contribution < 1.29 is 9.53 Å². The fraction of sp³-hybridized carbons (Fsp3) is 0.350. The van der Waals surface area contributed by atoms with Crippen molar-refractivity contribution >= 4 is 11.6 Å². The summed E-state index contributed by atoms with van der Waals surface area (Å²) in [6.45, 7) is 7.79. The van der Waals surface area contributed by atoms with Gasteiger partial charge < -0.3 is 10.1 Å². The van der Waals surface area contributed by atoms with E-state index in [9.17, 15) is 4.79 Å². The average Bonchev–Trinajstić information content (AvgIpc) is 2.57. The zero-order chi connectivity index (χ0) is 17.4. The number of hydrogen-bond acceptors (Lipinski definition) is 3. The van der Waals surface area contributed by atoms with E-state index >= 15 is 0 Å². The SMILES string of the molecule is CCOc1ccccc1NC(=O)CN(Cc1ccccc1)C(C)C. The highest BCUT2D eigenvalue weighted by Crippen LogP contribution is 2.23. The van der Waals surface area contributed by atoms with Crippen molar-refractivity contribution in [2.45, 2.75) is 33.4 Å². The molecular formula is C20H26N2O2. The predicted molar refractivity (Wildman–Crippen MR) is 98.2 cm³/mol. The van der Waals surface area contributed by atoms with Crippen molar-refractivity contribution in [2.24, 2.45) is 0 Å². The summed E-state index contributed by atoms with van der Waals surface area (Å²) in [6, 6.07) is 18.0. The van der Waals surface area contributed by atoms with Gasteiger partial charge in [0.2, 0.25) is 5.91 Å². The largest absolute Gasteiger partial charge is 0.492 e. The summed E-state index contributed by atoms with van der Waals surface area (Å²) >= 11 is 0. The second-order valence-corrected chi connectivity index (χ2v) is 5.96. The van der Waals surface area contributed by atoms with E-state index in [1.165, 1.54) is 5.56 Å². The van der Waals surface area contributed by atoms with Gasteiger partial charge in [-0.05, 0) is 38.5 Å². The highest BCUT2D eigenvalue weighted by Gasteiger charge is 2.15. The molecule has 0 atom stereocenters. The van der Waals surface area contributed by atoms with Crippen molar-refractivity contribution in [3.05, 3.63) is 60.2 Å². The molecule has 0 unspecified atom stereocenters. The van der Waals surface area contributed by atoms with Crippen LogP contribution in [0.3, 0.4) is 0 Å². The summed E-state index contributed by atoms with van der Waals surface area (Å²) < 4.78 is 5.56. The van der Waals surface area contributed by atoms with Gasteiger partial charge in [0.05, 0.1) is 18.8 Å². The monoisotopic (exact) mass is 326 g/mol. The van der Waals surface area contributed by atoms with Crippen LogP contribution in [0.25, 0.3) is 0 Å². The van der Waals surface area contributed by atoms with Crippen LogP contribution >= 0.6 is 0 Å². The van der Waals surface area contributed by atoms with Crippen LogP contribution in [0.5, 0.6) is 5.75 Å². The smallest absolute Gasteiger partial charge is 0.238 e. The lowest BCUT2D eigenvalue weighted by molar-refractivity contribution is -0.117. The van der Waals surface area contributed by atoms with Crippen LogP contribution in [-0.2, 0) is 11.3 Å². The van der Waals surface area contributed by atoms with Crippen LogP contribution in [0.1, 0.15) is 26.3 Å². The molecule has 2 aromatic carbocycles. The Labute approximate surface area is 144 Å². The van der Waals surface area contributed by atoms with Gasteiger partial charge in [-0.3, -0.25) is 9.69 Å². The van der Waals surface area contributed by atoms with Gasteiger partial charge in [0.25, 0.3) is 0 Å². The normalized spacial score (nSPS) is 10.9. The molecule has 4 nitrogen and oxygen atoms in total. The van der Waals surface area contributed by atoms with Gasteiger partial charge in [-0.1, -0.05) is 42.5 Å². The Balaban J connectivity index is 2.01. The van der Waals surface area contributed by atoms with Crippen LogP contribution in [0.4, 0.5) is 5.69 Å². The number of amides is 1. The maximum Gasteiger partial charge on any atom is 0.238 e. The van der Waals surface area contributed by atoms with E-state index in [0.29, 0.717) is 24.6 Å². The Bertz CT molecular complexity index is 641. The molecule has 0 aliphatic heterocycles. The minimum absolute atomic E-state index is 0.0354. The molecule has 0 fully saturated rings. The Morgan fingerprint density at radius 1 is 1.08 bits per heavy atom. The second kappa shape index (κ2) is 9.08. The zero-order valence-corrected chi connectivity index (χ0v) is 14.7. The topological polar surface area (TPSA) is 41.6 Å². The molecule has 2 rings (SSSR count). The fourth-order valence-electron chi connectivity index (χ4n) is 2.46. The molecule has 1 amide bonds. The number of ether oxygens (including phenoxy) is 1. The van der Waals surface area contributed by atoms with Crippen molar-refractivity contribution in [1.82, 2.24) is 4.90 Å². The molecule has 0 spiro atoms. The van der Waals surface area contributed by atoms with Crippen LogP contribution in [-0.4, -0.2) is 30.0 Å². The molecule has 0 saturated carbocycles. The number of hydrogen-bond donors (Lipinski definition) is 1. The Morgan fingerprint density at radius 3 is 2.42 bits per heavy atom.